The molecule has 1 fully saturated rings. The molecule has 25 heavy (non-hydrogen) atoms. The first kappa shape index (κ1) is 19.0. The number of urea groups is 1. The summed E-state index contributed by atoms with van der Waals surface area (Å²) in [5.41, 5.74) is 6.70. The van der Waals surface area contributed by atoms with E-state index in [2.05, 4.69) is 52.1 Å². The number of nitrogens with one attached hydrogen (secondary N) is 1. The first-order chi connectivity index (χ1) is 11.9. The Hall–Kier alpha value is -2.30. The quantitative estimate of drug-likeness (QED) is 0.894. The maximum Gasteiger partial charge on any atom is 0.321 e. The second kappa shape index (κ2) is 7.72. The second-order valence-corrected chi connectivity index (χ2v) is 6.51. The van der Waals surface area contributed by atoms with Crippen LogP contribution >= 0.6 is 0 Å². The lowest BCUT2D eigenvalue weighted by molar-refractivity contribution is 0.252. The second-order valence-electron chi connectivity index (χ2n) is 6.51. The summed E-state index contributed by atoms with van der Waals surface area (Å²) in [7, 11) is 0. The van der Waals surface area contributed by atoms with Crippen LogP contribution in [0.1, 0.15) is 56.1 Å². The van der Waals surface area contributed by atoms with Crippen molar-refractivity contribution in [3.8, 4) is 5.69 Å². The highest BCUT2D eigenvalue weighted by atomic mass is 16.2. The van der Waals surface area contributed by atoms with Crippen molar-refractivity contribution in [2.45, 2.75) is 54.4 Å². The molecule has 0 aliphatic carbocycles. The molecule has 1 aromatic heterocycles. The Morgan fingerprint density at radius 3 is 2.32 bits per heavy atom. The van der Waals surface area contributed by atoms with Gasteiger partial charge in [0.2, 0.25) is 0 Å². The van der Waals surface area contributed by atoms with Crippen molar-refractivity contribution in [2.24, 2.45) is 0 Å². The summed E-state index contributed by atoms with van der Waals surface area (Å²) in [5, 5.41) is 7.56. The third-order valence-electron chi connectivity index (χ3n) is 4.50. The minimum Gasteiger partial charge on any atom is -0.336 e. The molecule has 1 aromatic carbocycles. The SMILES string of the molecule is CC.Cc1cc(N2CCNC2=O)ccc1-n1nc(C)c(C(C)C)c1C. The molecule has 0 unspecified atom stereocenters. The average Bonchev–Trinajstić information content (AvgIpc) is 3.12. The molecule has 2 heterocycles. The Morgan fingerprint density at radius 1 is 1.16 bits per heavy atom. The summed E-state index contributed by atoms with van der Waals surface area (Å²) in [6, 6.07) is 6.09. The molecule has 5 heteroatoms. The van der Waals surface area contributed by atoms with E-state index in [4.69, 9.17) is 5.10 Å². The molecule has 1 aliphatic heterocycles. The van der Waals surface area contributed by atoms with E-state index in [1.165, 1.54) is 11.3 Å². The largest absolute Gasteiger partial charge is 0.336 e. The molecular formula is C20H30N4O. The van der Waals surface area contributed by atoms with Crippen LogP contribution in [-0.2, 0) is 0 Å². The van der Waals surface area contributed by atoms with E-state index in [0.717, 1.165) is 29.2 Å². The fourth-order valence-corrected chi connectivity index (χ4v) is 3.49. The topological polar surface area (TPSA) is 50.2 Å². The fraction of sp³-hybridized carbons (Fsp3) is 0.500. The lowest BCUT2D eigenvalue weighted by atomic mass is 10.0. The number of carbonyl (C=O) groups is 1. The van der Waals surface area contributed by atoms with Gasteiger partial charge in [-0.3, -0.25) is 4.90 Å². The van der Waals surface area contributed by atoms with Crippen LogP contribution in [0.4, 0.5) is 10.5 Å². The monoisotopic (exact) mass is 342 g/mol. The Labute approximate surface area is 151 Å². The van der Waals surface area contributed by atoms with E-state index in [1.54, 1.807) is 4.90 Å². The molecule has 1 saturated heterocycles. The molecule has 0 spiro atoms. The summed E-state index contributed by atoms with van der Waals surface area (Å²) < 4.78 is 2.02. The highest BCUT2D eigenvalue weighted by Crippen LogP contribution is 2.28. The number of hydrogen-bond acceptors (Lipinski definition) is 2. The molecule has 5 nitrogen and oxygen atoms in total. The van der Waals surface area contributed by atoms with Crippen molar-refractivity contribution in [1.82, 2.24) is 15.1 Å². The predicted octanol–water partition coefficient (Wildman–Crippen LogP) is 4.48. The first-order valence-corrected chi connectivity index (χ1v) is 9.12. The van der Waals surface area contributed by atoms with Crippen molar-refractivity contribution in [3.63, 3.8) is 0 Å². The molecule has 3 rings (SSSR count). The van der Waals surface area contributed by atoms with Crippen LogP contribution in [0.5, 0.6) is 0 Å². The number of rotatable bonds is 3. The zero-order valence-electron chi connectivity index (χ0n) is 16.5. The van der Waals surface area contributed by atoms with E-state index >= 15 is 0 Å². The Kier molecular flexibility index (Phi) is 5.88. The van der Waals surface area contributed by atoms with E-state index in [-0.39, 0.29) is 6.03 Å². The molecular weight excluding hydrogens is 312 g/mol. The van der Waals surface area contributed by atoms with Crippen molar-refractivity contribution in [2.75, 3.05) is 18.0 Å². The highest BCUT2D eigenvalue weighted by molar-refractivity contribution is 5.94. The number of aromatic nitrogens is 2. The summed E-state index contributed by atoms with van der Waals surface area (Å²) in [4.78, 5) is 13.6. The zero-order valence-corrected chi connectivity index (χ0v) is 16.5. The van der Waals surface area contributed by atoms with Gasteiger partial charge in [-0.25, -0.2) is 9.48 Å². The van der Waals surface area contributed by atoms with Crippen molar-refractivity contribution in [1.29, 1.82) is 0 Å². The zero-order chi connectivity index (χ0) is 18.7. The van der Waals surface area contributed by atoms with Gasteiger partial charge in [-0.15, -0.1) is 0 Å². The summed E-state index contributed by atoms with van der Waals surface area (Å²) in [6.45, 7) is 16.1. The Morgan fingerprint density at radius 2 is 1.84 bits per heavy atom. The fourth-order valence-electron chi connectivity index (χ4n) is 3.49. The summed E-state index contributed by atoms with van der Waals surface area (Å²) in [6.07, 6.45) is 0. The molecule has 2 amide bonds. The number of anilines is 1. The van der Waals surface area contributed by atoms with Crippen LogP contribution in [0, 0.1) is 20.8 Å². The van der Waals surface area contributed by atoms with Crippen LogP contribution < -0.4 is 10.2 Å². The number of benzene rings is 1. The van der Waals surface area contributed by atoms with Gasteiger partial charge < -0.3 is 5.32 Å². The van der Waals surface area contributed by atoms with Gasteiger partial charge in [0, 0.05) is 24.5 Å². The smallest absolute Gasteiger partial charge is 0.321 e. The van der Waals surface area contributed by atoms with E-state index < -0.39 is 0 Å². The minimum atomic E-state index is -0.0228. The van der Waals surface area contributed by atoms with Gasteiger partial charge in [0.1, 0.15) is 0 Å². The van der Waals surface area contributed by atoms with Gasteiger partial charge in [0.25, 0.3) is 0 Å². The predicted molar refractivity (Wildman–Crippen MR) is 104 cm³/mol. The molecule has 2 aromatic rings. The van der Waals surface area contributed by atoms with Gasteiger partial charge in [-0.1, -0.05) is 27.7 Å². The van der Waals surface area contributed by atoms with Gasteiger partial charge in [0.15, 0.2) is 0 Å². The molecule has 0 saturated carbocycles. The average molecular weight is 342 g/mol. The normalized spacial score (nSPS) is 13.8. The number of aryl methyl sites for hydroxylation is 2. The Balaban J connectivity index is 0.00000109. The van der Waals surface area contributed by atoms with Gasteiger partial charge in [-0.05, 0) is 56.0 Å². The lowest BCUT2D eigenvalue weighted by Crippen LogP contribution is -2.27. The van der Waals surface area contributed by atoms with Crippen LogP contribution in [0.25, 0.3) is 5.69 Å². The third kappa shape index (κ3) is 3.55. The molecule has 0 radical (unpaired) electrons. The third-order valence-corrected chi connectivity index (χ3v) is 4.50. The minimum absolute atomic E-state index is 0.0228. The molecule has 0 bridgehead atoms. The van der Waals surface area contributed by atoms with Crippen LogP contribution in [-0.4, -0.2) is 28.9 Å². The van der Waals surface area contributed by atoms with Crippen molar-refractivity contribution in [3.05, 3.63) is 40.7 Å². The van der Waals surface area contributed by atoms with Gasteiger partial charge >= 0.3 is 6.03 Å². The first-order valence-electron chi connectivity index (χ1n) is 9.12. The van der Waals surface area contributed by atoms with E-state index in [9.17, 15) is 4.79 Å². The van der Waals surface area contributed by atoms with Crippen molar-refractivity contribution >= 4 is 11.7 Å². The van der Waals surface area contributed by atoms with Crippen molar-refractivity contribution < 1.29 is 4.79 Å². The molecule has 0 atom stereocenters. The molecule has 136 valence electrons. The van der Waals surface area contributed by atoms with Gasteiger partial charge in [-0.2, -0.15) is 5.10 Å². The number of carbonyl (C=O) groups excluding carboxylic acids is 1. The van der Waals surface area contributed by atoms with E-state index in [1.807, 2.05) is 24.6 Å². The number of amides is 2. The number of hydrogen-bond donors (Lipinski definition) is 1. The summed E-state index contributed by atoms with van der Waals surface area (Å²) in [5.74, 6) is 0.455. The molecule has 1 aliphatic rings. The van der Waals surface area contributed by atoms with Gasteiger partial charge in [0.05, 0.1) is 11.4 Å². The standard InChI is InChI=1S/C18H24N4O.C2H6/c1-11(2)17-13(4)20-22(14(17)5)16-7-6-15(10-12(16)3)21-9-8-19-18(21)23;1-2/h6-7,10-11H,8-9H2,1-5H3,(H,19,23);1-2H3. The van der Waals surface area contributed by atoms with Crippen LogP contribution in [0.3, 0.4) is 0 Å². The Bertz CT molecular complexity index is 761. The van der Waals surface area contributed by atoms with E-state index in [0.29, 0.717) is 12.5 Å². The lowest BCUT2D eigenvalue weighted by Gasteiger charge is -2.17. The maximum absolute atomic E-state index is 11.8. The summed E-state index contributed by atoms with van der Waals surface area (Å²) >= 11 is 0. The molecule has 1 N–H and O–H groups in total. The van der Waals surface area contributed by atoms with Crippen LogP contribution in [0.2, 0.25) is 0 Å². The highest BCUT2D eigenvalue weighted by Gasteiger charge is 2.22. The maximum atomic E-state index is 11.8. The van der Waals surface area contributed by atoms with Crippen LogP contribution in [0.15, 0.2) is 18.2 Å². The number of nitrogens with zero attached hydrogens (tertiary/aromatic N) is 3.